The van der Waals surface area contributed by atoms with Crippen molar-refractivity contribution in [3.8, 4) is 11.3 Å². The van der Waals surface area contributed by atoms with Crippen molar-refractivity contribution in [2.24, 2.45) is 0 Å². The molecule has 0 spiro atoms. The molecule has 0 aliphatic carbocycles. The molecule has 2 heterocycles. The maximum Gasteiger partial charge on any atom is 0.328 e. The third kappa shape index (κ3) is 2.31. The van der Waals surface area contributed by atoms with Crippen LogP contribution in [-0.4, -0.2) is 33.1 Å². The summed E-state index contributed by atoms with van der Waals surface area (Å²) in [7, 11) is 1.57. The van der Waals surface area contributed by atoms with Crippen LogP contribution >= 0.6 is 0 Å². The van der Waals surface area contributed by atoms with E-state index in [4.69, 9.17) is 5.11 Å². The average molecular weight is 232 g/mol. The highest BCUT2D eigenvalue weighted by molar-refractivity contribution is 5.74. The molecule has 17 heavy (non-hydrogen) atoms. The van der Waals surface area contributed by atoms with Gasteiger partial charge < -0.3 is 15.4 Å². The largest absolute Gasteiger partial charge is 0.480 e. The third-order valence-electron chi connectivity index (χ3n) is 2.38. The van der Waals surface area contributed by atoms with Crippen LogP contribution in [0.3, 0.4) is 0 Å². The minimum absolute atomic E-state index is 0.374. The topological polar surface area (TPSA) is 90.9 Å². The summed E-state index contributed by atoms with van der Waals surface area (Å²) in [5, 5.41) is 11.6. The van der Waals surface area contributed by atoms with E-state index in [1.165, 1.54) is 0 Å². The maximum absolute atomic E-state index is 10.9. The van der Waals surface area contributed by atoms with E-state index in [0.29, 0.717) is 5.82 Å². The number of pyridine rings is 1. The molecule has 6 nitrogen and oxygen atoms in total. The van der Waals surface area contributed by atoms with Gasteiger partial charge in [-0.2, -0.15) is 0 Å². The van der Waals surface area contributed by atoms with Crippen molar-refractivity contribution in [3.05, 3.63) is 36.5 Å². The molecule has 0 saturated carbocycles. The molecule has 2 rings (SSSR count). The highest BCUT2D eigenvalue weighted by Crippen LogP contribution is 2.17. The van der Waals surface area contributed by atoms with Gasteiger partial charge >= 0.3 is 5.97 Å². The number of aromatic nitrogens is 3. The summed E-state index contributed by atoms with van der Waals surface area (Å²) < 4.78 is 0. The molecule has 6 heteroatoms. The molecule has 0 aliphatic heterocycles. The van der Waals surface area contributed by atoms with E-state index in [-0.39, 0.29) is 0 Å². The van der Waals surface area contributed by atoms with Gasteiger partial charge in [0.2, 0.25) is 0 Å². The standard InChI is InChI=1S/C11H12N4O2/c1-12-9(11(16)17)10-14-6-8(15-10)7-3-2-4-13-5-7/h2-6,9,12H,1H3,(H,14,15)(H,16,17). The van der Waals surface area contributed by atoms with Crippen molar-refractivity contribution >= 4 is 5.97 Å². The number of hydrogen-bond acceptors (Lipinski definition) is 4. The third-order valence-corrected chi connectivity index (χ3v) is 2.38. The zero-order valence-electron chi connectivity index (χ0n) is 9.21. The molecule has 0 saturated heterocycles. The first-order valence-electron chi connectivity index (χ1n) is 5.07. The fourth-order valence-electron chi connectivity index (χ4n) is 1.53. The van der Waals surface area contributed by atoms with E-state index in [0.717, 1.165) is 11.3 Å². The number of aromatic amines is 1. The van der Waals surface area contributed by atoms with Crippen molar-refractivity contribution in [2.75, 3.05) is 7.05 Å². The Labute approximate surface area is 97.7 Å². The van der Waals surface area contributed by atoms with Gasteiger partial charge in [-0.3, -0.25) is 9.78 Å². The molecule has 3 N–H and O–H groups in total. The summed E-state index contributed by atoms with van der Waals surface area (Å²) in [4.78, 5) is 22.0. The Hall–Kier alpha value is -2.21. The lowest BCUT2D eigenvalue weighted by Crippen LogP contribution is -2.26. The van der Waals surface area contributed by atoms with Crippen LogP contribution in [0.1, 0.15) is 11.9 Å². The predicted octanol–water partition coefficient (Wildman–Crippen LogP) is 0.817. The Balaban J connectivity index is 2.30. The Morgan fingerprint density at radius 2 is 2.35 bits per heavy atom. The molecular formula is C11H12N4O2. The number of carbonyl (C=O) groups is 1. The molecule has 2 aromatic rings. The second kappa shape index (κ2) is 4.75. The molecule has 0 fully saturated rings. The summed E-state index contributed by atoms with van der Waals surface area (Å²) in [6.45, 7) is 0. The molecular weight excluding hydrogens is 220 g/mol. The molecule has 0 aliphatic rings. The molecule has 0 aromatic carbocycles. The SMILES string of the molecule is CNC(C(=O)O)c1ncc(-c2cccnc2)[nH]1. The first kappa shape index (κ1) is 11.3. The van der Waals surface area contributed by atoms with Gasteiger partial charge in [0, 0.05) is 18.0 Å². The van der Waals surface area contributed by atoms with Gasteiger partial charge in [-0.15, -0.1) is 0 Å². The van der Waals surface area contributed by atoms with Gasteiger partial charge in [-0.1, -0.05) is 0 Å². The van der Waals surface area contributed by atoms with E-state index in [1.807, 2.05) is 12.1 Å². The van der Waals surface area contributed by atoms with Gasteiger partial charge in [0.1, 0.15) is 5.82 Å². The van der Waals surface area contributed by atoms with Crippen molar-refractivity contribution in [1.29, 1.82) is 0 Å². The fourth-order valence-corrected chi connectivity index (χ4v) is 1.53. The van der Waals surface area contributed by atoms with Gasteiger partial charge in [-0.05, 0) is 19.2 Å². The summed E-state index contributed by atoms with van der Waals surface area (Å²) in [6.07, 6.45) is 4.96. The van der Waals surface area contributed by atoms with Gasteiger partial charge in [0.15, 0.2) is 6.04 Å². The van der Waals surface area contributed by atoms with Crippen molar-refractivity contribution < 1.29 is 9.90 Å². The first-order valence-corrected chi connectivity index (χ1v) is 5.07. The quantitative estimate of drug-likeness (QED) is 0.725. The van der Waals surface area contributed by atoms with E-state index in [1.54, 1.807) is 25.6 Å². The van der Waals surface area contributed by atoms with Gasteiger partial charge in [-0.25, -0.2) is 4.98 Å². The van der Waals surface area contributed by atoms with Gasteiger partial charge in [0.25, 0.3) is 0 Å². The van der Waals surface area contributed by atoms with Gasteiger partial charge in [0.05, 0.1) is 11.9 Å². The lowest BCUT2D eigenvalue weighted by atomic mass is 10.2. The summed E-state index contributed by atoms with van der Waals surface area (Å²) in [6, 6.07) is 2.85. The van der Waals surface area contributed by atoms with Crippen LogP contribution in [0.5, 0.6) is 0 Å². The number of rotatable bonds is 4. The number of nitrogens with one attached hydrogen (secondary N) is 2. The highest BCUT2D eigenvalue weighted by atomic mass is 16.4. The minimum Gasteiger partial charge on any atom is -0.480 e. The lowest BCUT2D eigenvalue weighted by Gasteiger charge is -2.07. The Kier molecular flexibility index (Phi) is 3.15. The number of H-pyrrole nitrogens is 1. The van der Waals surface area contributed by atoms with Crippen molar-refractivity contribution in [2.45, 2.75) is 6.04 Å². The van der Waals surface area contributed by atoms with Crippen LogP contribution in [0.2, 0.25) is 0 Å². The molecule has 88 valence electrons. The summed E-state index contributed by atoms with van der Waals surface area (Å²) in [5.41, 5.74) is 1.61. The number of carboxylic acids is 1. The molecule has 0 amide bonds. The highest BCUT2D eigenvalue weighted by Gasteiger charge is 2.20. The lowest BCUT2D eigenvalue weighted by molar-refractivity contribution is -0.139. The van der Waals surface area contributed by atoms with Crippen LogP contribution < -0.4 is 5.32 Å². The Morgan fingerprint density at radius 1 is 1.53 bits per heavy atom. The number of likely N-dealkylation sites (N-methyl/N-ethyl adjacent to an activating group) is 1. The van der Waals surface area contributed by atoms with Crippen LogP contribution in [0.4, 0.5) is 0 Å². The van der Waals surface area contributed by atoms with Crippen LogP contribution in [0.15, 0.2) is 30.7 Å². The number of imidazole rings is 1. The second-order valence-corrected chi connectivity index (χ2v) is 3.48. The van der Waals surface area contributed by atoms with Crippen molar-refractivity contribution in [3.63, 3.8) is 0 Å². The zero-order valence-corrected chi connectivity index (χ0v) is 9.21. The Bertz CT molecular complexity index is 509. The monoisotopic (exact) mass is 232 g/mol. The molecule has 1 atom stereocenters. The van der Waals surface area contributed by atoms with Crippen LogP contribution in [-0.2, 0) is 4.79 Å². The van der Waals surface area contributed by atoms with Crippen LogP contribution in [0.25, 0.3) is 11.3 Å². The molecule has 0 radical (unpaired) electrons. The Morgan fingerprint density at radius 3 is 2.94 bits per heavy atom. The molecule has 2 aromatic heterocycles. The zero-order chi connectivity index (χ0) is 12.3. The minimum atomic E-state index is -0.973. The summed E-state index contributed by atoms with van der Waals surface area (Å²) in [5.74, 6) is -0.599. The number of nitrogens with zero attached hydrogens (tertiary/aromatic N) is 2. The molecule has 1 unspecified atom stereocenters. The molecule has 0 bridgehead atoms. The average Bonchev–Trinajstić information content (AvgIpc) is 2.80. The van der Waals surface area contributed by atoms with E-state index in [2.05, 4.69) is 20.3 Å². The van der Waals surface area contributed by atoms with Crippen LogP contribution in [0, 0.1) is 0 Å². The predicted molar refractivity (Wildman–Crippen MR) is 61.3 cm³/mol. The number of carboxylic acid groups (broad SMARTS) is 1. The van der Waals surface area contributed by atoms with E-state index in [9.17, 15) is 4.79 Å². The summed E-state index contributed by atoms with van der Waals surface area (Å²) >= 11 is 0. The van der Waals surface area contributed by atoms with E-state index < -0.39 is 12.0 Å². The fraction of sp³-hybridized carbons (Fsp3) is 0.182. The first-order chi connectivity index (χ1) is 8.22. The second-order valence-electron chi connectivity index (χ2n) is 3.48. The van der Waals surface area contributed by atoms with Crippen molar-refractivity contribution in [1.82, 2.24) is 20.3 Å². The normalized spacial score (nSPS) is 12.3. The van der Waals surface area contributed by atoms with E-state index >= 15 is 0 Å². The smallest absolute Gasteiger partial charge is 0.328 e. The number of aliphatic carboxylic acids is 1. The number of hydrogen-bond donors (Lipinski definition) is 3. The maximum atomic E-state index is 10.9.